The maximum absolute atomic E-state index is 12.2. The van der Waals surface area contributed by atoms with E-state index in [1.165, 1.54) is 0 Å². The molecule has 1 N–H and O–H groups in total. The second kappa shape index (κ2) is 6.10. The number of carboxylic acids is 1. The van der Waals surface area contributed by atoms with Gasteiger partial charge in [-0.1, -0.05) is 11.6 Å². The zero-order valence-electron chi connectivity index (χ0n) is 10.6. The van der Waals surface area contributed by atoms with Crippen molar-refractivity contribution in [3.8, 4) is 5.75 Å². The van der Waals surface area contributed by atoms with Crippen molar-refractivity contribution in [2.75, 3.05) is 12.9 Å². The number of benzene rings is 1. The molecule has 0 unspecified atom stereocenters. The number of sulfone groups is 1. The van der Waals surface area contributed by atoms with Crippen LogP contribution in [0, 0.1) is 0 Å². The van der Waals surface area contributed by atoms with Crippen LogP contribution in [-0.4, -0.2) is 38.5 Å². The molecule has 0 heterocycles. The van der Waals surface area contributed by atoms with Crippen LogP contribution in [0.3, 0.4) is 0 Å². The average Bonchev–Trinajstić information content (AvgIpc) is 2.34. The zero-order valence-corrected chi connectivity index (χ0v) is 12.1. The normalized spacial score (nSPS) is 12.2. The van der Waals surface area contributed by atoms with Crippen LogP contribution in [-0.2, 0) is 9.84 Å². The van der Waals surface area contributed by atoms with E-state index in [0.29, 0.717) is 0 Å². The van der Waals surface area contributed by atoms with E-state index >= 15 is 0 Å². The fourth-order valence-electron chi connectivity index (χ4n) is 1.53. The van der Waals surface area contributed by atoms with Gasteiger partial charge in [0, 0.05) is 5.02 Å². The van der Waals surface area contributed by atoms with Gasteiger partial charge in [0.05, 0.1) is 19.3 Å². The quantitative estimate of drug-likeness (QED) is 0.886. The maximum atomic E-state index is 12.2. The SMILES string of the molecule is COc1c(C(=O)O)cc(Cl)cc1S(=O)(=O)CCC(F)(F)F. The summed E-state index contributed by atoms with van der Waals surface area (Å²) in [6.07, 6.45) is -6.22. The smallest absolute Gasteiger partial charge is 0.390 e. The van der Waals surface area contributed by atoms with Crippen molar-refractivity contribution in [1.82, 2.24) is 0 Å². The van der Waals surface area contributed by atoms with Crippen molar-refractivity contribution in [2.45, 2.75) is 17.5 Å². The minimum atomic E-state index is -4.66. The number of hydrogen-bond acceptors (Lipinski definition) is 4. The molecule has 5 nitrogen and oxygen atoms in total. The van der Waals surface area contributed by atoms with Crippen molar-refractivity contribution < 1.29 is 36.2 Å². The number of aromatic carboxylic acids is 1. The molecule has 0 aromatic heterocycles. The number of methoxy groups -OCH3 is 1. The molecule has 0 saturated heterocycles. The molecular formula is C11H10ClF3O5S. The number of alkyl halides is 3. The van der Waals surface area contributed by atoms with Gasteiger partial charge in [-0.25, -0.2) is 13.2 Å². The summed E-state index contributed by atoms with van der Waals surface area (Å²) >= 11 is 5.61. The van der Waals surface area contributed by atoms with Gasteiger partial charge in [0.15, 0.2) is 15.6 Å². The van der Waals surface area contributed by atoms with Crippen LogP contribution in [0.2, 0.25) is 5.02 Å². The lowest BCUT2D eigenvalue weighted by atomic mass is 10.2. The minimum Gasteiger partial charge on any atom is -0.494 e. The molecular weight excluding hydrogens is 337 g/mol. The first-order valence-corrected chi connectivity index (χ1v) is 7.41. The van der Waals surface area contributed by atoms with Gasteiger partial charge in [-0.05, 0) is 12.1 Å². The third-order valence-electron chi connectivity index (χ3n) is 2.44. The van der Waals surface area contributed by atoms with Crippen LogP contribution in [0.25, 0.3) is 0 Å². The summed E-state index contributed by atoms with van der Waals surface area (Å²) in [6, 6.07) is 1.81. The molecule has 0 saturated carbocycles. The van der Waals surface area contributed by atoms with E-state index in [-0.39, 0.29) is 5.02 Å². The van der Waals surface area contributed by atoms with E-state index in [2.05, 4.69) is 0 Å². The molecule has 1 aromatic rings. The van der Waals surface area contributed by atoms with Gasteiger partial charge in [-0.3, -0.25) is 0 Å². The Morgan fingerprint density at radius 1 is 1.38 bits per heavy atom. The molecule has 0 atom stereocenters. The zero-order chi connectivity index (χ0) is 16.4. The Balaban J connectivity index is 3.38. The number of carboxylic acid groups (broad SMARTS) is 1. The average molecular weight is 347 g/mol. The third-order valence-corrected chi connectivity index (χ3v) is 4.38. The molecule has 0 aliphatic carbocycles. The number of hydrogen-bond donors (Lipinski definition) is 1. The predicted octanol–water partition coefficient (Wildman–Crippen LogP) is 2.77. The first-order valence-electron chi connectivity index (χ1n) is 5.38. The molecule has 0 fully saturated rings. The van der Waals surface area contributed by atoms with E-state index in [1.54, 1.807) is 0 Å². The van der Waals surface area contributed by atoms with E-state index in [1.807, 2.05) is 0 Å². The molecule has 0 amide bonds. The van der Waals surface area contributed by atoms with Gasteiger partial charge in [0.25, 0.3) is 0 Å². The number of ether oxygens (including phenoxy) is 1. The Bertz CT molecular complexity index is 655. The molecule has 0 bridgehead atoms. The van der Waals surface area contributed by atoms with Crippen molar-refractivity contribution in [3.05, 3.63) is 22.7 Å². The molecule has 21 heavy (non-hydrogen) atoms. The lowest BCUT2D eigenvalue weighted by molar-refractivity contribution is -0.129. The first-order chi connectivity index (χ1) is 9.48. The summed E-state index contributed by atoms with van der Waals surface area (Å²) in [4.78, 5) is 10.3. The summed E-state index contributed by atoms with van der Waals surface area (Å²) in [5.74, 6) is -3.29. The van der Waals surface area contributed by atoms with Gasteiger partial charge in [-0.15, -0.1) is 0 Å². The van der Waals surface area contributed by atoms with Crippen LogP contribution in [0.1, 0.15) is 16.8 Å². The molecule has 0 spiro atoms. The second-order valence-corrected chi connectivity index (χ2v) is 6.49. The van der Waals surface area contributed by atoms with Crippen molar-refractivity contribution in [1.29, 1.82) is 0 Å². The van der Waals surface area contributed by atoms with E-state index in [9.17, 15) is 26.4 Å². The second-order valence-electron chi connectivity index (χ2n) is 3.97. The van der Waals surface area contributed by atoms with Gasteiger partial charge >= 0.3 is 12.1 Å². The summed E-state index contributed by atoms with van der Waals surface area (Å²) in [6.45, 7) is 0. The van der Waals surface area contributed by atoms with Crippen molar-refractivity contribution >= 4 is 27.4 Å². The third kappa shape index (κ3) is 4.50. The molecule has 0 aliphatic rings. The van der Waals surface area contributed by atoms with Crippen LogP contribution >= 0.6 is 11.6 Å². The fraction of sp³-hybridized carbons (Fsp3) is 0.364. The van der Waals surface area contributed by atoms with Gasteiger partial charge in [0.2, 0.25) is 0 Å². The number of halogens is 4. The van der Waals surface area contributed by atoms with E-state index in [4.69, 9.17) is 21.4 Å². The minimum absolute atomic E-state index is 0.237. The molecule has 0 radical (unpaired) electrons. The molecule has 118 valence electrons. The number of rotatable bonds is 5. The Hall–Kier alpha value is -1.48. The van der Waals surface area contributed by atoms with Crippen molar-refractivity contribution in [2.24, 2.45) is 0 Å². The van der Waals surface area contributed by atoms with Crippen LogP contribution in [0.15, 0.2) is 17.0 Å². The summed E-state index contributed by atoms with van der Waals surface area (Å²) in [5.41, 5.74) is -0.546. The lowest BCUT2D eigenvalue weighted by Crippen LogP contribution is -2.17. The Morgan fingerprint density at radius 2 is 1.95 bits per heavy atom. The highest BCUT2D eigenvalue weighted by molar-refractivity contribution is 7.91. The van der Waals surface area contributed by atoms with Crippen LogP contribution in [0.4, 0.5) is 13.2 Å². The molecule has 10 heteroatoms. The maximum Gasteiger partial charge on any atom is 0.390 e. The van der Waals surface area contributed by atoms with Gasteiger partial charge < -0.3 is 9.84 Å². The highest BCUT2D eigenvalue weighted by Crippen LogP contribution is 2.33. The van der Waals surface area contributed by atoms with E-state index < -0.39 is 50.4 Å². The Labute approximate surface area is 123 Å². The number of carbonyl (C=O) groups is 1. The summed E-state index contributed by atoms with van der Waals surface area (Å²) < 4.78 is 65.1. The standard InChI is InChI=1S/C11H10ClF3O5S/c1-20-9-7(10(16)17)4-6(12)5-8(9)21(18,19)3-2-11(13,14)15/h4-5H,2-3H2,1H3,(H,16,17). The van der Waals surface area contributed by atoms with Gasteiger partial charge in [-0.2, -0.15) is 13.2 Å². The monoisotopic (exact) mass is 346 g/mol. The lowest BCUT2D eigenvalue weighted by Gasteiger charge is -2.13. The summed E-state index contributed by atoms with van der Waals surface area (Å²) in [5, 5.41) is 8.72. The predicted molar refractivity (Wildman–Crippen MR) is 67.7 cm³/mol. The van der Waals surface area contributed by atoms with Crippen LogP contribution < -0.4 is 4.74 Å². The highest BCUT2D eigenvalue weighted by atomic mass is 35.5. The molecule has 1 rings (SSSR count). The first kappa shape index (κ1) is 17.6. The van der Waals surface area contributed by atoms with Gasteiger partial charge in [0.1, 0.15) is 10.5 Å². The van der Waals surface area contributed by atoms with Crippen molar-refractivity contribution in [3.63, 3.8) is 0 Å². The van der Waals surface area contributed by atoms with E-state index in [0.717, 1.165) is 19.2 Å². The van der Waals surface area contributed by atoms with Crippen LogP contribution in [0.5, 0.6) is 5.75 Å². The molecule has 0 aliphatic heterocycles. The highest BCUT2D eigenvalue weighted by Gasteiger charge is 2.33. The largest absolute Gasteiger partial charge is 0.494 e. The summed E-state index contributed by atoms with van der Waals surface area (Å²) in [7, 11) is -3.40. The Kier molecular flexibility index (Phi) is 5.11. The topological polar surface area (TPSA) is 80.7 Å². The molecule has 1 aromatic carbocycles. The fourth-order valence-corrected chi connectivity index (χ4v) is 3.31. The Morgan fingerprint density at radius 3 is 2.38 bits per heavy atom.